The molecule has 7 aliphatic rings. The third-order valence-corrected chi connectivity index (χ3v) is 21.4. The van der Waals surface area contributed by atoms with Crippen molar-refractivity contribution in [2.75, 3.05) is 61.5 Å². The number of rotatable bonds is 30. The van der Waals surface area contributed by atoms with Gasteiger partial charge in [0, 0.05) is 93.2 Å². The summed E-state index contributed by atoms with van der Waals surface area (Å²) in [4.78, 5) is 128. The number of hydrogen-bond donors (Lipinski definition) is 9. The van der Waals surface area contributed by atoms with Crippen LogP contribution in [-0.2, 0) is 62.5 Å². The van der Waals surface area contributed by atoms with Crippen molar-refractivity contribution in [2.45, 2.75) is 154 Å². The summed E-state index contributed by atoms with van der Waals surface area (Å²) in [6, 6.07) is 21.2. The number of ether oxygens (including phenoxy) is 4. The van der Waals surface area contributed by atoms with Gasteiger partial charge in [-0.05, 0) is 146 Å². The maximum atomic E-state index is 13.9. The number of hydrogen-bond acceptors (Lipinski definition) is 21. The minimum absolute atomic E-state index is 0.00947. The number of nitrogens with one attached hydrogen (secondary N) is 3. The number of aromatic carboxylic acids is 1. The van der Waals surface area contributed by atoms with Gasteiger partial charge in [-0.25, -0.2) is 24.4 Å². The van der Waals surface area contributed by atoms with Gasteiger partial charge in [0.05, 0.1) is 40.7 Å². The molecule has 3 aromatic carbocycles. The first-order valence-corrected chi connectivity index (χ1v) is 35.6. The second kappa shape index (κ2) is 30.8. The first-order chi connectivity index (χ1) is 49.7. The molecule has 2 unspecified atom stereocenters. The van der Waals surface area contributed by atoms with Crippen molar-refractivity contribution in [3.8, 4) is 16.9 Å². The number of fused-ring (bicyclic) bond motifs is 2. The Hall–Kier alpha value is -9.98. The van der Waals surface area contributed by atoms with Crippen LogP contribution in [0.1, 0.15) is 134 Å². The average molecular weight is 1450 g/mol. The molecule has 13 rings (SSSR count). The third kappa shape index (κ3) is 16.6. The number of pyridine rings is 1. The summed E-state index contributed by atoms with van der Waals surface area (Å²) in [6.07, 6.45) is 3.27. The Morgan fingerprint density at radius 2 is 1.56 bits per heavy atom. The molecule has 30 heteroatoms. The largest absolute Gasteiger partial charge is 0.481 e. The molecule has 104 heavy (non-hydrogen) atoms. The molecule has 0 spiro atoms. The number of unbranched alkanes of at least 4 members (excludes halogenated alkanes) is 2. The smallest absolute Gasteiger partial charge is 0.410 e. The number of carboxylic acids is 3. The van der Waals surface area contributed by atoms with Crippen LogP contribution in [0.2, 0.25) is 0 Å². The number of benzene rings is 3. The van der Waals surface area contributed by atoms with E-state index < -0.39 is 66.2 Å². The molecule has 1 saturated heterocycles. The van der Waals surface area contributed by atoms with Crippen LogP contribution < -0.4 is 25.6 Å². The minimum atomic E-state index is -2.00. The van der Waals surface area contributed by atoms with Gasteiger partial charge < -0.3 is 70.0 Å². The molecule has 6 heterocycles. The van der Waals surface area contributed by atoms with Gasteiger partial charge in [-0.15, -0.1) is 0 Å². The normalized spacial score (nSPS) is 24.6. The summed E-state index contributed by atoms with van der Waals surface area (Å²) < 4.78 is 26.7. The monoisotopic (exact) mass is 1450 g/mol. The van der Waals surface area contributed by atoms with E-state index in [2.05, 4.69) is 34.8 Å². The molecular formula is C74H84N10O19S. The highest BCUT2D eigenvalue weighted by atomic mass is 32.1. The van der Waals surface area contributed by atoms with E-state index in [1.807, 2.05) is 59.0 Å². The molecule has 29 nitrogen and oxygen atoms in total. The van der Waals surface area contributed by atoms with E-state index >= 15 is 0 Å². The molecule has 550 valence electrons. The SMILES string of the molecule is Cc1c(-c2ccc(N3CCc4cccc(C(=O)Nc5nc6ccccc6s5)c4C3)nc2C(=O)O)cnn1CC12CC3(C)CC(C)(C1)CC(OCCN(CCC(=O)O)C(=O)OCC=Cc1ccc(O[C@@H]4O[C@H](C(=O)O)[C@@H](O)[C@H](O)[C@H]4O)c(NC(=O)CCNC(=O)CCCCCN4C(=O)C=CC4=O)c1)(C3)C2. The lowest BCUT2D eigenvalue weighted by Crippen LogP contribution is -2.64. The number of aliphatic hydroxyl groups is 3. The second-order valence-electron chi connectivity index (χ2n) is 28.8. The molecule has 6 amide bonds. The van der Waals surface area contributed by atoms with Crippen LogP contribution >= 0.6 is 11.3 Å². The van der Waals surface area contributed by atoms with E-state index in [9.17, 15) is 73.8 Å². The lowest BCUT2D eigenvalue weighted by molar-refractivity contribution is -0.271. The van der Waals surface area contributed by atoms with Crippen molar-refractivity contribution in [3.05, 3.63) is 131 Å². The number of imide groups is 1. The van der Waals surface area contributed by atoms with E-state index in [0.717, 1.165) is 64.0 Å². The summed E-state index contributed by atoms with van der Waals surface area (Å²) in [5, 5.41) is 75.4. The van der Waals surface area contributed by atoms with E-state index in [1.54, 1.807) is 24.4 Å². The van der Waals surface area contributed by atoms with Crippen LogP contribution in [0.5, 0.6) is 5.75 Å². The van der Waals surface area contributed by atoms with Gasteiger partial charge in [-0.2, -0.15) is 5.10 Å². The molecule has 4 saturated carbocycles. The van der Waals surface area contributed by atoms with Gasteiger partial charge >= 0.3 is 24.0 Å². The number of anilines is 3. The standard InChI is InChI=1S/C74H84N10O19S/c1-43-48(46-18-20-54(79-60(46)66(95)96)82-28-24-45-12-9-13-47(49(45)35-82)65(94)80-69-78-50-14-6-7-15-53(50)104-69)34-76-84(43)42-73-37-71(2)36-72(3,38-73)40-74(39-71,41-73)101-32-30-81(29-25-59(89)90)70(99)100-31-10-11-44-17-19-52(102-68-63(93)61(91)62(92)64(103-68)67(97)98)51(33-44)77-56(86)23-26-75-55(85)16-5-4-8-27-83-57(87)21-22-58(83)88/h6-7,9-15,17-22,33-34,61-64,68,91-93H,4-5,8,16,23-32,35-42H2,1-3H3,(H,75,85)(H,77,86)(H,89,90)(H,95,96)(H,97,98)(H,78,80,94)/t61-,62-,63+,64-,68+,71?,72?,73?,74?/m0/s1. The number of aromatic nitrogens is 4. The van der Waals surface area contributed by atoms with Gasteiger partial charge in [0.25, 0.3) is 17.7 Å². The number of para-hydroxylation sites is 1. The van der Waals surface area contributed by atoms with Crippen LogP contribution in [0.3, 0.4) is 0 Å². The molecule has 3 aliphatic heterocycles. The number of nitrogens with zero attached hydrogens (tertiary/aromatic N) is 7. The van der Waals surface area contributed by atoms with Crippen LogP contribution in [0.4, 0.5) is 21.4 Å². The van der Waals surface area contributed by atoms with Crippen molar-refractivity contribution < 1.29 is 92.7 Å². The lowest BCUT2D eigenvalue weighted by atomic mass is 9.39. The van der Waals surface area contributed by atoms with Gasteiger partial charge in [-0.1, -0.05) is 68.0 Å². The van der Waals surface area contributed by atoms with E-state index in [4.69, 9.17) is 29.0 Å². The summed E-state index contributed by atoms with van der Waals surface area (Å²) in [7, 11) is 0. The Labute approximate surface area is 601 Å². The summed E-state index contributed by atoms with van der Waals surface area (Å²) >= 11 is 1.40. The highest BCUT2D eigenvalue weighted by molar-refractivity contribution is 7.22. The zero-order chi connectivity index (χ0) is 73.8. The molecule has 4 aliphatic carbocycles. The number of carbonyl (C=O) groups is 9. The Bertz CT molecular complexity index is 4330. The number of aliphatic hydroxyl groups excluding tert-OH is 3. The first-order valence-electron chi connectivity index (χ1n) is 34.7. The predicted molar refractivity (Wildman–Crippen MR) is 377 cm³/mol. The van der Waals surface area contributed by atoms with E-state index in [0.29, 0.717) is 84.9 Å². The maximum absolute atomic E-state index is 13.9. The van der Waals surface area contributed by atoms with Crippen molar-refractivity contribution in [2.24, 2.45) is 16.2 Å². The number of aliphatic carboxylic acids is 2. The molecular weight excluding hydrogens is 1360 g/mol. The summed E-state index contributed by atoms with van der Waals surface area (Å²) in [5.41, 5.74) is 4.16. The van der Waals surface area contributed by atoms with Crippen molar-refractivity contribution in [1.82, 2.24) is 34.9 Å². The van der Waals surface area contributed by atoms with Gasteiger partial charge in [-0.3, -0.25) is 43.7 Å². The zero-order valence-electron chi connectivity index (χ0n) is 57.8. The van der Waals surface area contributed by atoms with Crippen molar-refractivity contribution in [1.29, 1.82) is 0 Å². The molecule has 6 aromatic rings. The number of carbonyl (C=O) groups excluding carboxylic acids is 6. The number of carboxylic acid groups (broad SMARTS) is 3. The molecule has 4 bridgehead atoms. The summed E-state index contributed by atoms with van der Waals surface area (Å²) in [6.45, 7) is 7.71. The molecule has 3 aromatic heterocycles. The first kappa shape index (κ1) is 73.8. The van der Waals surface area contributed by atoms with Gasteiger partial charge in [0.2, 0.25) is 18.1 Å². The molecule has 7 atom stereocenters. The number of amides is 6. The minimum Gasteiger partial charge on any atom is -0.481 e. The van der Waals surface area contributed by atoms with Crippen LogP contribution in [-0.4, -0.2) is 196 Å². The fourth-order valence-electron chi connectivity index (χ4n) is 16.8. The van der Waals surface area contributed by atoms with Crippen molar-refractivity contribution >= 4 is 97.8 Å². The highest BCUT2D eigenvalue weighted by Crippen LogP contribution is 2.72. The molecule has 0 radical (unpaired) electrons. The van der Waals surface area contributed by atoms with E-state index in [-0.39, 0.29) is 116 Å². The molecule has 5 fully saturated rings. The van der Waals surface area contributed by atoms with Gasteiger partial charge in [0.15, 0.2) is 16.9 Å². The molecule has 9 N–H and O–H groups in total. The number of thiazole rings is 1. The van der Waals surface area contributed by atoms with Crippen molar-refractivity contribution in [3.63, 3.8) is 0 Å². The topological polar surface area (TPSA) is 401 Å². The van der Waals surface area contributed by atoms with Crippen LogP contribution in [0.15, 0.2) is 97.2 Å². The fourth-order valence-corrected chi connectivity index (χ4v) is 17.7. The Kier molecular flexibility index (Phi) is 21.8. The quantitative estimate of drug-likeness (QED) is 0.0157. The van der Waals surface area contributed by atoms with Crippen LogP contribution in [0, 0.1) is 23.2 Å². The Morgan fingerprint density at radius 3 is 2.30 bits per heavy atom. The lowest BCUT2D eigenvalue weighted by Gasteiger charge is -2.69. The summed E-state index contributed by atoms with van der Waals surface area (Å²) in [5.74, 6) is -5.66. The fraction of sp³-hybridized carbons (Fsp3) is 0.459. The zero-order valence-corrected chi connectivity index (χ0v) is 58.6. The van der Waals surface area contributed by atoms with E-state index in [1.165, 1.54) is 52.7 Å². The van der Waals surface area contributed by atoms with Gasteiger partial charge in [0.1, 0.15) is 36.5 Å². The Balaban J connectivity index is 0.671. The Morgan fingerprint density at radius 1 is 0.788 bits per heavy atom. The second-order valence-corrected chi connectivity index (χ2v) is 29.8. The predicted octanol–water partition coefficient (Wildman–Crippen LogP) is 7.34. The average Bonchev–Trinajstić information content (AvgIpc) is 0.740. The maximum Gasteiger partial charge on any atom is 0.410 e. The van der Waals surface area contributed by atoms with Crippen LogP contribution in [0.25, 0.3) is 27.4 Å². The third-order valence-electron chi connectivity index (χ3n) is 20.4. The highest BCUT2D eigenvalue weighted by Gasteiger charge is 2.66.